The zero-order valence-electron chi connectivity index (χ0n) is 9.94. The molecular weight excluding hydrogens is 238 g/mol. The summed E-state index contributed by atoms with van der Waals surface area (Å²) in [6, 6.07) is 7.25. The monoisotopic (exact) mass is 253 g/mol. The van der Waals surface area contributed by atoms with Crippen LogP contribution in [-0.4, -0.2) is 11.5 Å². The van der Waals surface area contributed by atoms with Crippen LogP contribution in [0.1, 0.15) is 31.9 Å². The van der Waals surface area contributed by atoms with E-state index in [9.17, 15) is 4.79 Å². The minimum atomic E-state index is -0.763. The van der Waals surface area contributed by atoms with Gasteiger partial charge in [0.1, 0.15) is 11.6 Å². The maximum atomic E-state index is 11.8. The molecule has 0 saturated heterocycles. The second-order valence-corrected chi connectivity index (χ2v) is 5.18. The molecule has 4 heteroatoms. The summed E-state index contributed by atoms with van der Waals surface area (Å²) in [5.74, 6) is -0.0973. The normalized spacial score (nSPS) is 28.6. The van der Waals surface area contributed by atoms with Gasteiger partial charge >= 0.3 is 5.97 Å². The Hall–Kier alpha value is -1.06. The quantitative estimate of drug-likeness (QED) is 0.843. The fourth-order valence-corrected chi connectivity index (χ4v) is 1.93. The highest BCUT2D eigenvalue weighted by molar-refractivity contribution is 6.30. The molecule has 17 heavy (non-hydrogen) atoms. The van der Waals surface area contributed by atoms with E-state index in [2.05, 4.69) is 0 Å². The van der Waals surface area contributed by atoms with Crippen LogP contribution in [0.2, 0.25) is 5.02 Å². The number of carbonyl (C=O) groups is 1. The van der Waals surface area contributed by atoms with E-state index in [0.29, 0.717) is 11.4 Å². The predicted molar refractivity (Wildman–Crippen MR) is 66.7 cm³/mol. The van der Waals surface area contributed by atoms with Crippen LogP contribution in [0.4, 0.5) is 0 Å². The molecule has 0 aliphatic heterocycles. The van der Waals surface area contributed by atoms with Crippen LogP contribution in [0.15, 0.2) is 24.3 Å². The molecule has 3 nitrogen and oxygen atoms in total. The Balaban J connectivity index is 2.00. The number of esters is 1. The van der Waals surface area contributed by atoms with Crippen LogP contribution >= 0.6 is 11.6 Å². The molecule has 0 bridgehead atoms. The number of benzene rings is 1. The van der Waals surface area contributed by atoms with Gasteiger partial charge in [-0.15, -0.1) is 0 Å². The van der Waals surface area contributed by atoms with Crippen molar-refractivity contribution in [1.82, 2.24) is 0 Å². The first-order valence-corrected chi connectivity index (χ1v) is 6.06. The second-order valence-electron chi connectivity index (χ2n) is 4.74. The van der Waals surface area contributed by atoms with Gasteiger partial charge in [0.25, 0.3) is 0 Å². The highest BCUT2D eigenvalue weighted by Crippen LogP contribution is 2.42. The van der Waals surface area contributed by atoms with Gasteiger partial charge in [0.2, 0.25) is 0 Å². The van der Waals surface area contributed by atoms with Gasteiger partial charge in [0.15, 0.2) is 0 Å². The number of hydrogen-bond donors (Lipinski definition) is 1. The third kappa shape index (κ3) is 2.45. The summed E-state index contributed by atoms with van der Waals surface area (Å²) >= 11 is 5.80. The number of halogens is 1. The molecule has 0 heterocycles. The molecule has 1 aromatic carbocycles. The van der Waals surface area contributed by atoms with Gasteiger partial charge in [0, 0.05) is 5.02 Å². The topological polar surface area (TPSA) is 52.3 Å². The number of ether oxygens (including phenoxy) is 1. The summed E-state index contributed by atoms with van der Waals surface area (Å²) in [5.41, 5.74) is 6.04. The standard InChI is InChI=1S/C13H16ClNO2/c1-8-7-13(8,15)12(16)17-9(2)10-3-5-11(14)6-4-10/h3-6,8-9H,7,15H2,1-2H3. The first-order chi connectivity index (χ1) is 7.93. The zero-order chi connectivity index (χ0) is 12.6. The first kappa shape index (κ1) is 12.4. The molecule has 1 aliphatic rings. The van der Waals surface area contributed by atoms with Crippen molar-refractivity contribution in [2.75, 3.05) is 0 Å². The lowest BCUT2D eigenvalue weighted by molar-refractivity contribution is -0.151. The van der Waals surface area contributed by atoms with Gasteiger partial charge in [-0.2, -0.15) is 0 Å². The molecule has 0 aromatic heterocycles. The van der Waals surface area contributed by atoms with Crippen molar-refractivity contribution < 1.29 is 9.53 Å². The molecule has 0 spiro atoms. The van der Waals surface area contributed by atoms with Crippen LogP contribution in [-0.2, 0) is 9.53 Å². The lowest BCUT2D eigenvalue weighted by atomic mass is 10.1. The van der Waals surface area contributed by atoms with Crippen molar-refractivity contribution in [1.29, 1.82) is 0 Å². The van der Waals surface area contributed by atoms with Crippen molar-refractivity contribution in [3.63, 3.8) is 0 Å². The smallest absolute Gasteiger partial charge is 0.327 e. The van der Waals surface area contributed by atoms with E-state index in [-0.39, 0.29) is 18.0 Å². The molecule has 0 amide bonds. The summed E-state index contributed by atoms with van der Waals surface area (Å²) < 4.78 is 5.37. The van der Waals surface area contributed by atoms with Gasteiger partial charge in [-0.25, -0.2) is 0 Å². The fraction of sp³-hybridized carbons (Fsp3) is 0.462. The van der Waals surface area contributed by atoms with Gasteiger partial charge < -0.3 is 10.5 Å². The fourth-order valence-electron chi connectivity index (χ4n) is 1.80. The Morgan fingerprint density at radius 1 is 1.53 bits per heavy atom. The lowest BCUT2D eigenvalue weighted by Gasteiger charge is -2.17. The Labute approximate surface area is 106 Å². The molecular formula is C13H16ClNO2. The largest absolute Gasteiger partial charge is 0.456 e. The van der Waals surface area contributed by atoms with Crippen LogP contribution < -0.4 is 5.73 Å². The average molecular weight is 254 g/mol. The number of nitrogens with two attached hydrogens (primary N) is 1. The molecule has 3 atom stereocenters. The van der Waals surface area contributed by atoms with Crippen molar-refractivity contribution in [2.45, 2.75) is 31.9 Å². The lowest BCUT2D eigenvalue weighted by Crippen LogP contribution is -2.37. The predicted octanol–water partition coefficient (Wildman–Crippen LogP) is 2.68. The molecule has 1 aliphatic carbocycles. The molecule has 2 N–H and O–H groups in total. The Kier molecular flexibility index (Phi) is 3.15. The molecule has 1 fully saturated rings. The van der Waals surface area contributed by atoms with Gasteiger partial charge in [-0.05, 0) is 37.0 Å². The third-order valence-corrected chi connectivity index (χ3v) is 3.62. The molecule has 0 radical (unpaired) electrons. The molecule has 1 saturated carbocycles. The van der Waals surface area contributed by atoms with E-state index in [1.54, 1.807) is 12.1 Å². The Bertz CT molecular complexity index is 432. The van der Waals surface area contributed by atoms with E-state index in [1.165, 1.54) is 0 Å². The van der Waals surface area contributed by atoms with E-state index < -0.39 is 5.54 Å². The molecule has 3 unspecified atom stereocenters. The van der Waals surface area contributed by atoms with E-state index in [4.69, 9.17) is 22.1 Å². The molecule has 1 aromatic rings. The van der Waals surface area contributed by atoms with Gasteiger partial charge in [-0.3, -0.25) is 4.79 Å². The van der Waals surface area contributed by atoms with Crippen LogP contribution in [0.25, 0.3) is 0 Å². The maximum Gasteiger partial charge on any atom is 0.327 e. The summed E-state index contributed by atoms with van der Waals surface area (Å²) in [4.78, 5) is 11.8. The Morgan fingerprint density at radius 3 is 2.53 bits per heavy atom. The summed E-state index contributed by atoms with van der Waals surface area (Å²) in [7, 11) is 0. The van der Waals surface area contributed by atoms with Crippen molar-refractivity contribution in [2.24, 2.45) is 11.7 Å². The minimum Gasteiger partial charge on any atom is -0.456 e. The zero-order valence-corrected chi connectivity index (χ0v) is 10.7. The highest BCUT2D eigenvalue weighted by atomic mass is 35.5. The number of rotatable bonds is 3. The number of carbonyl (C=O) groups excluding carboxylic acids is 1. The number of hydrogen-bond acceptors (Lipinski definition) is 3. The summed E-state index contributed by atoms with van der Waals surface area (Å²) in [6.45, 7) is 3.78. The Morgan fingerprint density at radius 2 is 2.06 bits per heavy atom. The summed E-state index contributed by atoms with van der Waals surface area (Å²) in [6.07, 6.45) is 0.409. The third-order valence-electron chi connectivity index (χ3n) is 3.37. The van der Waals surface area contributed by atoms with E-state index in [1.807, 2.05) is 26.0 Å². The van der Waals surface area contributed by atoms with Crippen molar-refractivity contribution in [3.05, 3.63) is 34.9 Å². The van der Waals surface area contributed by atoms with Crippen LogP contribution in [0.3, 0.4) is 0 Å². The van der Waals surface area contributed by atoms with Crippen molar-refractivity contribution in [3.8, 4) is 0 Å². The maximum absolute atomic E-state index is 11.8. The molecule has 92 valence electrons. The first-order valence-electron chi connectivity index (χ1n) is 5.69. The van der Waals surface area contributed by atoms with Crippen LogP contribution in [0.5, 0.6) is 0 Å². The van der Waals surface area contributed by atoms with E-state index >= 15 is 0 Å². The average Bonchev–Trinajstić information content (AvgIpc) is 2.89. The highest BCUT2D eigenvalue weighted by Gasteiger charge is 2.55. The van der Waals surface area contributed by atoms with Crippen molar-refractivity contribution >= 4 is 17.6 Å². The molecule has 2 rings (SSSR count). The van der Waals surface area contributed by atoms with E-state index in [0.717, 1.165) is 5.56 Å². The minimum absolute atomic E-state index is 0.215. The van der Waals surface area contributed by atoms with Crippen LogP contribution in [0, 0.1) is 5.92 Å². The summed E-state index contributed by atoms with van der Waals surface area (Å²) in [5, 5.41) is 0.665. The van der Waals surface area contributed by atoms with Gasteiger partial charge in [-0.1, -0.05) is 30.7 Å². The SMILES string of the molecule is CC(OC(=O)C1(N)CC1C)c1ccc(Cl)cc1. The van der Waals surface area contributed by atoms with Gasteiger partial charge in [0.05, 0.1) is 0 Å². The second kappa shape index (κ2) is 4.31.